The Morgan fingerprint density at radius 2 is 0.792 bits per heavy atom. The average molecular weight is 352 g/mol. The summed E-state index contributed by atoms with van der Waals surface area (Å²) in [7, 11) is 1.64. The van der Waals surface area contributed by atoms with E-state index in [0.29, 0.717) is 92.3 Å². The maximum atomic E-state index is 10.0. The number of carbonyl (C=O) groups excluding carboxylic acids is 1. The van der Waals surface area contributed by atoms with Gasteiger partial charge in [-0.3, -0.25) is 0 Å². The topological polar surface area (TPSA) is 81.7 Å². The van der Waals surface area contributed by atoms with Gasteiger partial charge >= 0.3 is 0 Å². The van der Waals surface area contributed by atoms with E-state index in [4.69, 9.17) is 33.2 Å². The van der Waals surface area contributed by atoms with E-state index >= 15 is 0 Å². The highest BCUT2D eigenvalue weighted by Gasteiger charge is 1.94. The predicted molar refractivity (Wildman–Crippen MR) is 87.5 cm³/mol. The summed E-state index contributed by atoms with van der Waals surface area (Å²) in [4.78, 5) is 10.0. The minimum Gasteiger partial charge on any atom is -0.382 e. The molecule has 24 heavy (non-hydrogen) atoms. The van der Waals surface area contributed by atoms with Gasteiger partial charge in [-0.15, -0.1) is 0 Å². The number of carbonyl (C=O) groups is 1. The molecule has 0 saturated heterocycles. The van der Waals surface area contributed by atoms with Gasteiger partial charge in [0.2, 0.25) is 0 Å². The van der Waals surface area contributed by atoms with Gasteiger partial charge in [-0.2, -0.15) is 0 Å². The lowest BCUT2D eigenvalue weighted by Crippen LogP contribution is -2.14. The normalized spacial score (nSPS) is 11.0. The monoisotopic (exact) mass is 352 g/mol. The summed E-state index contributed by atoms with van der Waals surface area (Å²) in [6.07, 6.45) is 1.26. The van der Waals surface area contributed by atoms with Gasteiger partial charge in [0.25, 0.3) is 0 Å². The minimum atomic E-state index is 0.427. The number of methoxy groups -OCH3 is 1. The van der Waals surface area contributed by atoms with Crippen LogP contribution in [0.15, 0.2) is 0 Å². The standard InChI is InChI=1S/C16H32O8/c1-18-5-6-20-9-10-22-13-14-24-16-15-23-12-11-21-8-7-19-4-2-3-17/h3H,2,4-16H2,1H3. The molecule has 0 amide bonds. The highest BCUT2D eigenvalue weighted by atomic mass is 16.6. The summed E-state index contributed by atoms with van der Waals surface area (Å²) in [5.74, 6) is 0. The largest absolute Gasteiger partial charge is 0.382 e. The third kappa shape index (κ3) is 21.4. The molecule has 0 aliphatic rings. The zero-order valence-corrected chi connectivity index (χ0v) is 14.7. The molecule has 0 aromatic heterocycles. The van der Waals surface area contributed by atoms with Gasteiger partial charge in [-0.25, -0.2) is 0 Å². The maximum absolute atomic E-state index is 10.0. The summed E-state index contributed by atoms with van der Waals surface area (Å²) in [6.45, 7) is 6.93. The Morgan fingerprint density at radius 3 is 1.08 bits per heavy atom. The highest BCUT2D eigenvalue weighted by Crippen LogP contribution is 1.85. The molecule has 8 nitrogen and oxygen atoms in total. The molecule has 0 fully saturated rings. The van der Waals surface area contributed by atoms with Crippen molar-refractivity contribution in [2.24, 2.45) is 0 Å². The van der Waals surface area contributed by atoms with Crippen LogP contribution in [0.25, 0.3) is 0 Å². The molecule has 0 spiro atoms. The van der Waals surface area contributed by atoms with Gasteiger partial charge in [0.05, 0.1) is 85.9 Å². The van der Waals surface area contributed by atoms with E-state index in [-0.39, 0.29) is 0 Å². The molecular formula is C16H32O8. The van der Waals surface area contributed by atoms with Crippen LogP contribution in [-0.4, -0.2) is 99.3 Å². The lowest BCUT2D eigenvalue weighted by atomic mass is 10.5. The van der Waals surface area contributed by atoms with Crippen molar-refractivity contribution in [2.45, 2.75) is 6.42 Å². The van der Waals surface area contributed by atoms with Crippen molar-refractivity contribution in [1.82, 2.24) is 0 Å². The van der Waals surface area contributed by atoms with E-state index in [0.717, 1.165) is 6.29 Å². The van der Waals surface area contributed by atoms with Crippen LogP contribution in [0.5, 0.6) is 0 Å². The van der Waals surface area contributed by atoms with Crippen LogP contribution < -0.4 is 0 Å². The fourth-order valence-corrected chi connectivity index (χ4v) is 1.48. The Balaban J connectivity index is 2.94. The SMILES string of the molecule is COCCOCCOCCOCCOCCOCCOCCC=O. The third-order valence-corrected chi connectivity index (χ3v) is 2.67. The van der Waals surface area contributed by atoms with Crippen LogP contribution in [0.1, 0.15) is 6.42 Å². The molecule has 144 valence electrons. The van der Waals surface area contributed by atoms with Gasteiger partial charge in [0.15, 0.2) is 0 Å². The summed E-state index contributed by atoms with van der Waals surface area (Å²) in [5.41, 5.74) is 0. The van der Waals surface area contributed by atoms with E-state index in [1.54, 1.807) is 7.11 Å². The number of hydrogen-bond acceptors (Lipinski definition) is 8. The first-order valence-corrected chi connectivity index (χ1v) is 8.30. The molecule has 0 radical (unpaired) electrons. The third-order valence-electron chi connectivity index (χ3n) is 2.67. The number of hydrogen-bond donors (Lipinski definition) is 0. The van der Waals surface area contributed by atoms with Gasteiger partial charge in [-0.1, -0.05) is 0 Å². The molecular weight excluding hydrogens is 320 g/mol. The molecule has 0 N–H and O–H groups in total. The van der Waals surface area contributed by atoms with E-state index in [9.17, 15) is 4.79 Å². The molecule has 0 rings (SSSR count). The van der Waals surface area contributed by atoms with Crippen LogP contribution in [0.3, 0.4) is 0 Å². The Morgan fingerprint density at radius 1 is 0.500 bits per heavy atom. The lowest BCUT2D eigenvalue weighted by molar-refractivity contribution is -0.108. The fraction of sp³-hybridized carbons (Fsp3) is 0.938. The smallest absolute Gasteiger partial charge is 0.122 e. The Labute approximate surface area is 144 Å². The summed E-state index contributed by atoms with van der Waals surface area (Å²) < 4.78 is 36.6. The molecule has 0 aromatic carbocycles. The summed E-state index contributed by atoms with van der Waals surface area (Å²) >= 11 is 0. The average Bonchev–Trinajstić information content (AvgIpc) is 2.60. The van der Waals surface area contributed by atoms with Crippen molar-refractivity contribution in [3.8, 4) is 0 Å². The molecule has 0 aliphatic heterocycles. The Bertz CT molecular complexity index is 240. The van der Waals surface area contributed by atoms with Crippen molar-refractivity contribution >= 4 is 6.29 Å². The Kier molecular flexibility index (Phi) is 21.8. The number of ether oxygens (including phenoxy) is 7. The first-order valence-electron chi connectivity index (χ1n) is 8.30. The molecule has 0 bridgehead atoms. The summed E-state index contributed by atoms with van der Waals surface area (Å²) in [5, 5.41) is 0. The lowest BCUT2D eigenvalue weighted by Gasteiger charge is -2.08. The number of rotatable bonds is 21. The Hall–Kier alpha value is -0.610. The predicted octanol–water partition coefficient (Wildman–Crippen LogP) is 0.321. The van der Waals surface area contributed by atoms with Crippen molar-refractivity contribution in [3.05, 3.63) is 0 Å². The number of aldehydes is 1. The molecule has 0 aromatic rings. The van der Waals surface area contributed by atoms with Crippen molar-refractivity contribution in [2.75, 3.05) is 93.0 Å². The first kappa shape index (κ1) is 23.4. The van der Waals surface area contributed by atoms with Crippen molar-refractivity contribution in [1.29, 1.82) is 0 Å². The second kappa shape index (κ2) is 22.4. The van der Waals surface area contributed by atoms with E-state index in [1.165, 1.54) is 0 Å². The minimum absolute atomic E-state index is 0.427. The van der Waals surface area contributed by atoms with E-state index in [1.807, 2.05) is 0 Å². The van der Waals surface area contributed by atoms with Gasteiger partial charge in [-0.05, 0) is 0 Å². The second-order valence-electron chi connectivity index (χ2n) is 4.62. The van der Waals surface area contributed by atoms with Gasteiger partial charge in [0.1, 0.15) is 6.29 Å². The second-order valence-corrected chi connectivity index (χ2v) is 4.62. The molecule has 0 atom stereocenters. The van der Waals surface area contributed by atoms with Crippen LogP contribution in [0, 0.1) is 0 Å². The molecule has 0 saturated carbocycles. The van der Waals surface area contributed by atoms with Crippen LogP contribution in [-0.2, 0) is 38.0 Å². The fourth-order valence-electron chi connectivity index (χ4n) is 1.48. The quantitative estimate of drug-likeness (QED) is 0.216. The molecule has 8 heteroatoms. The van der Waals surface area contributed by atoms with Gasteiger partial charge in [0, 0.05) is 13.5 Å². The van der Waals surface area contributed by atoms with E-state index < -0.39 is 0 Å². The molecule has 0 aliphatic carbocycles. The van der Waals surface area contributed by atoms with Crippen LogP contribution >= 0.6 is 0 Å². The maximum Gasteiger partial charge on any atom is 0.122 e. The molecule has 0 unspecified atom stereocenters. The van der Waals surface area contributed by atoms with Crippen LogP contribution in [0.4, 0.5) is 0 Å². The zero-order valence-electron chi connectivity index (χ0n) is 14.7. The van der Waals surface area contributed by atoms with Gasteiger partial charge < -0.3 is 38.0 Å². The summed E-state index contributed by atoms with van der Waals surface area (Å²) in [6, 6.07) is 0. The zero-order chi connectivity index (χ0) is 17.6. The van der Waals surface area contributed by atoms with Crippen molar-refractivity contribution < 1.29 is 38.0 Å². The first-order chi connectivity index (χ1) is 11.9. The van der Waals surface area contributed by atoms with Crippen LogP contribution in [0.2, 0.25) is 0 Å². The molecule has 0 heterocycles. The highest BCUT2D eigenvalue weighted by molar-refractivity contribution is 5.49. The van der Waals surface area contributed by atoms with E-state index in [2.05, 4.69) is 0 Å². The van der Waals surface area contributed by atoms with Crippen molar-refractivity contribution in [3.63, 3.8) is 0 Å².